The van der Waals surface area contributed by atoms with Crippen LogP contribution in [0.1, 0.15) is 32.6 Å². The van der Waals surface area contributed by atoms with Gasteiger partial charge in [-0.3, -0.25) is 0 Å². The Labute approximate surface area is 123 Å². The maximum Gasteiger partial charge on any atom is 0.117 e. The summed E-state index contributed by atoms with van der Waals surface area (Å²) < 4.78 is 0. The molecule has 4 nitrogen and oxygen atoms in total. The van der Waals surface area contributed by atoms with Gasteiger partial charge in [-0.2, -0.15) is 0 Å². The summed E-state index contributed by atoms with van der Waals surface area (Å²) in [5.74, 6) is 0.262. The Morgan fingerprint density at radius 3 is 2.45 bits per heavy atom. The molecule has 0 saturated carbocycles. The number of aromatic hydroxyl groups is 1. The number of nitrogen functional groups attached to an aromatic ring is 1. The predicted octanol–water partition coefficient (Wildman–Crippen LogP) is 2.92. The zero-order valence-corrected chi connectivity index (χ0v) is 13.1. The summed E-state index contributed by atoms with van der Waals surface area (Å²) in [6.45, 7) is 5.43. The van der Waals surface area contributed by atoms with Crippen LogP contribution >= 0.6 is 0 Å². The van der Waals surface area contributed by atoms with E-state index in [9.17, 15) is 5.11 Å². The average Bonchev–Trinajstić information content (AvgIpc) is 2.41. The van der Waals surface area contributed by atoms with E-state index in [1.54, 1.807) is 18.2 Å². The van der Waals surface area contributed by atoms with Crippen molar-refractivity contribution < 1.29 is 5.11 Å². The number of hydrogen-bond donors (Lipinski definition) is 2. The Bertz CT molecular complexity index is 395. The third-order valence-corrected chi connectivity index (χ3v) is 3.60. The standard InChI is InChI=1S/C16H29N3O/c1-4-5-6-10-18(2)11-7-12-19(3)16-13-14(20)8-9-15(16)17/h8-9,13,20H,4-7,10-12,17H2,1-3H3. The highest BCUT2D eigenvalue weighted by Gasteiger charge is 2.07. The highest BCUT2D eigenvalue weighted by Crippen LogP contribution is 2.26. The topological polar surface area (TPSA) is 52.7 Å². The van der Waals surface area contributed by atoms with Crippen molar-refractivity contribution in [2.75, 3.05) is 44.4 Å². The van der Waals surface area contributed by atoms with Crippen LogP contribution in [-0.4, -0.2) is 43.7 Å². The fourth-order valence-corrected chi connectivity index (χ4v) is 2.30. The summed E-state index contributed by atoms with van der Waals surface area (Å²) in [6.07, 6.45) is 4.95. The van der Waals surface area contributed by atoms with E-state index in [-0.39, 0.29) is 5.75 Å². The molecule has 3 N–H and O–H groups in total. The van der Waals surface area contributed by atoms with Crippen LogP contribution in [0, 0.1) is 0 Å². The van der Waals surface area contributed by atoms with Gasteiger partial charge in [-0.05, 0) is 45.1 Å². The second kappa shape index (κ2) is 8.69. The van der Waals surface area contributed by atoms with E-state index in [4.69, 9.17) is 5.73 Å². The SMILES string of the molecule is CCCCCN(C)CCCN(C)c1cc(O)ccc1N. The number of hydrogen-bond acceptors (Lipinski definition) is 4. The minimum atomic E-state index is 0.262. The van der Waals surface area contributed by atoms with Crippen LogP contribution in [0.3, 0.4) is 0 Å². The quantitative estimate of drug-likeness (QED) is 0.414. The Morgan fingerprint density at radius 2 is 1.75 bits per heavy atom. The summed E-state index contributed by atoms with van der Waals surface area (Å²) in [5.41, 5.74) is 7.55. The molecule has 0 amide bonds. The van der Waals surface area contributed by atoms with Crippen molar-refractivity contribution in [1.29, 1.82) is 0 Å². The summed E-state index contributed by atoms with van der Waals surface area (Å²) in [7, 11) is 4.20. The summed E-state index contributed by atoms with van der Waals surface area (Å²) in [4.78, 5) is 4.49. The van der Waals surface area contributed by atoms with Crippen molar-refractivity contribution in [3.05, 3.63) is 18.2 Å². The molecule has 1 aromatic rings. The minimum Gasteiger partial charge on any atom is -0.508 e. The van der Waals surface area contributed by atoms with Crippen LogP contribution in [0.4, 0.5) is 11.4 Å². The largest absolute Gasteiger partial charge is 0.508 e. The molecule has 0 aliphatic heterocycles. The zero-order valence-electron chi connectivity index (χ0n) is 13.1. The normalized spacial score (nSPS) is 11.0. The molecule has 0 heterocycles. The lowest BCUT2D eigenvalue weighted by Gasteiger charge is -2.23. The molecule has 0 radical (unpaired) electrons. The number of rotatable bonds is 9. The van der Waals surface area contributed by atoms with Crippen molar-refractivity contribution in [3.8, 4) is 5.75 Å². The lowest BCUT2D eigenvalue weighted by Crippen LogP contribution is -2.26. The van der Waals surface area contributed by atoms with Gasteiger partial charge in [0.2, 0.25) is 0 Å². The van der Waals surface area contributed by atoms with Crippen LogP contribution in [0.5, 0.6) is 5.75 Å². The molecule has 20 heavy (non-hydrogen) atoms. The molecule has 1 rings (SSSR count). The molecular weight excluding hydrogens is 250 g/mol. The van der Waals surface area contributed by atoms with Gasteiger partial charge in [0, 0.05) is 19.7 Å². The van der Waals surface area contributed by atoms with Crippen LogP contribution < -0.4 is 10.6 Å². The molecule has 0 aromatic heterocycles. The highest BCUT2D eigenvalue weighted by atomic mass is 16.3. The first-order valence-corrected chi connectivity index (χ1v) is 7.52. The van der Waals surface area contributed by atoms with Crippen LogP contribution in [0.25, 0.3) is 0 Å². The molecule has 0 unspecified atom stereocenters. The van der Waals surface area contributed by atoms with Gasteiger partial charge >= 0.3 is 0 Å². The van der Waals surface area contributed by atoms with Gasteiger partial charge in [0.1, 0.15) is 5.75 Å². The Morgan fingerprint density at radius 1 is 1.05 bits per heavy atom. The molecule has 0 fully saturated rings. The van der Waals surface area contributed by atoms with E-state index in [0.29, 0.717) is 5.69 Å². The molecule has 0 spiro atoms. The predicted molar refractivity (Wildman–Crippen MR) is 87.4 cm³/mol. The van der Waals surface area contributed by atoms with E-state index in [1.807, 2.05) is 7.05 Å². The van der Waals surface area contributed by atoms with Gasteiger partial charge in [-0.15, -0.1) is 0 Å². The third kappa shape index (κ3) is 5.70. The molecule has 0 atom stereocenters. The van der Waals surface area contributed by atoms with Gasteiger partial charge in [0.05, 0.1) is 11.4 Å². The maximum absolute atomic E-state index is 9.53. The second-order valence-corrected chi connectivity index (χ2v) is 5.53. The van der Waals surface area contributed by atoms with E-state index in [2.05, 4.69) is 23.8 Å². The first kappa shape index (κ1) is 16.6. The number of phenols is 1. The smallest absolute Gasteiger partial charge is 0.117 e. The van der Waals surface area contributed by atoms with Crippen molar-refractivity contribution in [3.63, 3.8) is 0 Å². The fraction of sp³-hybridized carbons (Fsp3) is 0.625. The van der Waals surface area contributed by atoms with Crippen molar-refractivity contribution in [1.82, 2.24) is 4.90 Å². The van der Waals surface area contributed by atoms with Gasteiger partial charge in [-0.1, -0.05) is 19.8 Å². The van der Waals surface area contributed by atoms with Gasteiger partial charge in [0.25, 0.3) is 0 Å². The van der Waals surface area contributed by atoms with Crippen LogP contribution in [-0.2, 0) is 0 Å². The fourth-order valence-electron chi connectivity index (χ4n) is 2.30. The first-order valence-electron chi connectivity index (χ1n) is 7.52. The third-order valence-electron chi connectivity index (χ3n) is 3.60. The Balaban J connectivity index is 2.32. The number of benzene rings is 1. The number of unbranched alkanes of at least 4 members (excludes halogenated alkanes) is 2. The van der Waals surface area contributed by atoms with Crippen molar-refractivity contribution in [2.45, 2.75) is 32.6 Å². The van der Waals surface area contributed by atoms with Crippen LogP contribution in [0.2, 0.25) is 0 Å². The number of nitrogens with zero attached hydrogens (tertiary/aromatic N) is 2. The van der Waals surface area contributed by atoms with Crippen molar-refractivity contribution in [2.24, 2.45) is 0 Å². The first-order chi connectivity index (χ1) is 9.54. The highest BCUT2D eigenvalue weighted by molar-refractivity contribution is 5.69. The number of anilines is 2. The minimum absolute atomic E-state index is 0.262. The molecule has 4 heteroatoms. The molecule has 0 aliphatic carbocycles. The number of phenolic OH excluding ortho intramolecular Hbond substituents is 1. The monoisotopic (exact) mass is 279 g/mol. The molecule has 0 saturated heterocycles. The molecular formula is C16H29N3O. The second-order valence-electron chi connectivity index (χ2n) is 5.53. The average molecular weight is 279 g/mol. The van der Waals surface area contributed by atoms with Gasteiger partial charge < -0.3 is 20.6 Å². The maximum atomic E-state index is 9.53. The van der Waals surface area contributed by atoms with Crippen molar-refractivity contribution >= 4 is 11.4 Å². The Kier molecular flexibility index (Phi) is 7.23. The molecule has 0 bridgehead atoms. The van der Waals surface area contributed by atoms with Crippen LogP contribution in [0.15, 0.2) is 18.2 Å². The lowest BCUT2D eigenvalue weighted by molar-refractivity contribution is 0.322. The van der Waals surface area contributed by atoms with E-state index >= 15 is 0 Å². The van der Waals surface area contributed by atoms with Gasteiger partial charge in [-0.25, -0.2) is 0 Å². The summed E-state index contributed by atoms with van der Waals surface area (Å²) in [5, 5.41) is 9.53. The number of nitrogens with two attached hydrogens (primary N) is 1. The lowest BCUT2D eigenvalue weighted by atomic mass is 10.2. The van der Waals surface area contributed by atoms with E-state index < -0.39 is 0 Å². The molecule has 114 valence electrons. The molecule has 1 aromatic carbocycles. The summed E-state index contributed by atoms with van der Waals surface area (Å²) in [6, 6.07) is 5.09. The van der Waals surface area contributed by atoms with E-state index in [0.717, 1.165) is 25.2 Å². The van der Waals surface area contributed by atoms with E-state index in [1.165, 1.54) is 25.8 Å². The summed E-state index contributed by atoms with van der Waals surface area (Å²) >= 11 is 0. The zero-order chi connectivity index (χ0) is 15.0. The Hall–Kier alpha value is -1.42. The molecule has 0 aliphatic rings. The van der Waals surface area contributed by atoms with Gasteiger partial charge in [0.15, 0.2) is 0 Å².